The van der Waals surface area contributed by atoms with Gasteiger partial charge in [0.25, 0.3) is 6.71 Å². The van der Waals surface area contributed by atoms with Gasteiger partial charge in [0.15, 0.2) is 0 Å². The average Bonchev–Trinajstić information content (AvgIpc) is 0.881. The summed E-state index contributed by atoms with van der Waals surface area (Å²) in [5, 5.41) is 0.0288. The Morgan fingerprint density at radius 2 is 0.612 bits per heavy atom. The predicted molar refractivity (Wildman–Crippen MR) is 422 cm³/mol. The quantitative estimate of drug-likeness (QED) is 0.133. The number of anilines is 6. The zero-order chi connectivity index (χ0) is 74.5. The molecule has 0 aliphatic carbocycles. The Hall–Kier alpha value is -10.7. The summed E-state index contributed by atoms with van der Waals surface area (Å²) in [6.45, 7) is 26.5. The topological polar surface area (TPSA) is 11.4 Å². The molecule has 0 fully saturated rings. The van der Waals surface area contributed by atoms with Crippen LogP contribution in [0.2, 0.25) is 0 Å². The lowest BCUT2D eigenvalue weighted by atomic mass is 9.33. The molecular formula is C94H84BN3. The third kappa shape index (κ3) is 10.8. The number of benzene rings is 13. The number of aromatic nitrogens is 1. The Morgan fingerprint density at radius 3 is 0.990 bits per heavy atom. The van der Waals surface area contributed by atoms with Crippen molar-refractivity contribution >= 4 is 79.0 Å². The van der Waals surface area contributed by atoms with Gasteiger partial charge in [0.2, 0.25) is 0 Å². The van der Waals surface area contributed by atoms with Crippen LogP contribution in [0.15, 0.2) is 291 Å². The molecule has 14 aromatic rings. The van der Waals surface area contributed by atoms with Gasteiger partial charge in [-0.3, -0.25) is 0 Å². The van der Waals surface area contributed by atoms with E-state index in [0.29, 0.717) is 5.69 Å². The summed E-state index contributed by atoms with van der Waals surface area (Å²) in [7, 11) is 0. The molecule has 0 amide bonds. The van der Waals surface area contributed by atoms with E-state index in [2.05, 4.69) is 329 Å². The Kier molecular flexibility index (Phi) is 12.9. The maximum Gasteiger partial charge on any atom is 0.252 e. The summed E-state index contributed by atoms with van der Waals surface area (Å²) in [4.78, 5) is 5.02. The first-order chi connectivity index (χ1) is 50.5. The highest BCUT2D eigenvalue weighted by Crippen LogP contribution is 2.55. The molecule has 0 N–H and O–H groups in total. The highest BCUT2D eigenvalue weighted by atomic mass is 15.2. The number of nitrogens with zero attached hydrogens (tertiary/aromatic N) is 3. The summed E-state index contributed by atoms with van der Waals surface area (Å²) >= 11 is 0. The average molecular weight is 1270 g/mol. The molecule has 478 valence electrons. The molecule has 0 bridgehead atoms. The van der Waals surface area contributed by atoms with Crippen LogP contribution in [-0.4, -0.2) is 11.3 Å². The zero-order valence-electron chi connectivity index (χ0n) is 66.0. The zero-order valence-corrected chi connectivity index (χ0v) is 58.0. The van der Waals surface area contributed by atoms with Crippen LogP contribution in [0.5, 0.6) is 0 Å². The van der Waals surface area contributed by atoms with Crippen molar-refractivity contribution in [2.24, 2.45) is 0 Å². The molecule has 3 nitrogen and oxygen atoms in total. The molecule has 1 aromatic heterocycles. The van der Waals surface area contributed by atoms with Gasteiger partial charge in [-0.15, -0.1) is 0 Å². The van der Waals surface area contributed by atoms with Gasteiger partial charge in [-0.2, -0.15) is 0 Å². The summed E-state index contributed by atoms with van der Waals surface area (Å²) in [5.74, 6) is 0. The van der Waals surface area contributed by atoms with Crippen molar-refractivity contribution in [1.29, 1.82) is 0 Å². The van der Waals surface area contributed by atoms with Gasteiger partial charge in [0, 0.05) is 61.5 Å². The van der Waals surface area contributed by atoms with E-state index in [1.807, 2.05) is 6.07 Å². The third-order valence-corrected chi connectivity index (χ3v) is 20.3. The van der Waals surface area contributed by atoms with E-state index in [4.69, 9.17) is 2.74 Å². The fraction of sp³-hybridized carbons (Fsp3) is 0.170. The minimum atomic E-state index is -0.496. The van der Waals surface area contributed by atoms with Gasteiger partial charge in [-0.25, -0.2) is 0 Å². The van der Waals surface area contributed by atoms with Crippen LogP contribution in [0.1, 0.15) is 116 Å². The summed E-state index contributed by atoms with van der Waals surface area (Å²) in [6.07, 6.45) is 0. The van der Waals surface area contributed by atoms with Crippen molar-refractivity contribution in [2.75, 3.05) is 9.80 Å². The largest absolute Gasteiger partial charge is 0.310 e. The number of hydrogen-bond acceptors (Lipinski definition) is 2. The fourth-order valence-corrected chi connectivity index (χ4v) is 15.0. The van der Waals surface area contributed by atoms with Gasteiger partial charge >= 0.3 is 0 Å². The minimum absolute atomic E-state index is 0.0144. The van der Waals surface area contributed by atoms with Gasteiger partial charge < -0.3 is 14.4 Å². The molecule has 0 radical (unpaired) electrons. The van der Waals surface area contributed by atoms with E-state index in [1.165, 1.54) is 22.3 Å². The van der Waals surface area contributed by atoms with E-state index in [0.717, 1.165) is 117 Å². The highest BCUT2D eigenvalue weighted by molar-refractivity contribution is 7.00. The van der Waals surface area contributed by atoms with Crippen LogP contribution in [0.25, 0.3) is 94.3 Å². The molecular weight excluding hydrogens is 1180 g/mol. The molecule has 16 rings (SSSR count). The van der Waals surface area contributed by atoms with Gasteiger partial charge in [0.1, 0.15) is 0 Å². The standard InChI is InChI=1S/C94H84BN3/c1-91(2,3)69-46-37-63(38-47-69)74-31-23-32-75(64-39-48-70(49-40-64)92(4,5)6)89(74)97-84-57-67(61-25-15-13-16-26-61)45-55-80(84)95-81-56-54-73(96-82-35-21-19-29-78(82)79-30-20-22-36-83(79)96)60-85(81)98(87-59-68(58-86(97)88(87)95)62-27-17-14-18-28-62)90-76(65-41-50-71(51-42-65)93(7,8)9)33-24-34-77(90)66-43-52-72(53-44-66)94(10,11)12/h13-60H,1-12H3/i19D,20D,21D,22D,29D,30D,35D,36D. The second-order valence-corrected chi connectivity index (χ2v) is 30.8. The van der Waals surface area contributed by atoms with E-state index in [-0.39, 0.29) is 67.6 Å². The first-order valence-corrected chi connectivity index (χ1v) is 34.4. The highest BCUT2D eigenvalue weighted by Gasteiger charge is 2.46. The number of hydrogen-bond donors (Lipinski definition) is 0. The second kappa shape index (κ2) is 23.6. The van der Waals surface area contributed by atoms with Crippen molar-refractivity contribution in [1.82, 2.24) is 4.57 Å². The van der Waals surface area contributed by atoms with Crippen LogP contribution in [0.4, 0.5) is 34.1 Å². The van der Waals surface area contributed by atoms with Crippen LogP contribution < -0.4 is 26.2 Å². The molecule has 0 saturated heterocycles. The molecule has 4 heteroatoms. The molecule has 98 heavy (non-hydrogen) atoms. The van der Waals surface area contributed by atoms with Crippen molar-refractivity contribution in [3.05, 3.63) is 313 Å². The van der Waals surface area contributed by atoms with E-state index >= 15 is 0 Å². The second-order valence-electron chi connectivity index (χ2n) is 30.8. The van der Waals surface area contributed by atoms with Gasteiger partial charge in [-0.05, 0) is 147 Å². The Labute approximate surface area is 591 Å². The molecule has 0 saturated carbocycles. The Balaban J connectivity index is 1.10. The monoisotopic (exact) mass is 1270 g/mol. The molecule has 0 atom stereocenters. The molecule has 2 aliphatic rings. The van der Waals surface area contributed by atoms with Gasteiger partial charge in [0.05, 0.1) is 33.4 Å². The van der Waals surface area contributed by atoms with E-state index in [9.17, 15) is 8.22 Å². The van der Waals surface area contributed by atoms with Crippen LogP contribution in [0.3, 0.4) is 0 Å². The Morgan fingerprint density at radius 1 is 0.286 bits per heavy atom. The lowest BCUT2D eigenvalue weighted by Crippen LogP contribution is -2.61. The SMILES string of the molecule is [2H]c1c([2H])c([2H])c2c(c1[2H])c1c([2H])c([2H])c([2H])c([2H])c1n2-c1ccc2c(c1)N(c1c(-c3ccc(C(C)(C)C)cc3)cccc1-c1ccc(C(C)(C)C)cc1)c1cc(-c3ccccc3)cc3c1B2c1ccc(-c2ccccc2)cc1N3c1c(-c2ccc(C(C)(C)C)cc2)cccc1-c1ccc(C(C)(C)C)cc1. The molecule has 2 aliphatic heterocycles. The van der Waals surface area contributed by atoms with Crippen molar-refractivity contribution in [2.45, 2.75) is 105 Å². The maximum atomic E-state index is 9.82. The van der Waals surface area contributed by atoms with Crippen molar-refractivity contribution in [3.63, 3.8) is 0 Å². The normalized spacial score (nSPS) is 14.2. The molecule has 3 heterocycles. The summed E-state index contributed by atoms with van der Waals surface area (Å²) in [5.41, 5.74) is 25.7. The van der Waals surface area contributed by atoms with Crippen molar-refractivity contribution < 1.29 is 11.0 Å². The maximum absolute atomic E-state index is 9.82. The summed E-state index contributed by atoms with van der Waals surface area (Å²) in [6, 6.07) is 85.4. The predicted octanol–water partition coefficient (Wildman–Crippen LogP) is 24.1. The first kappa shape index (κ1) is 53.5. The molecule has 0 unspecified atom stereocenters. The lowest BCUT2D eigenvalue weighted by molar-refractivity contribution is 0.590. The van der Waals surface area contributed by atoms with Crippen LogP contribution in [0, 0.1) is 0 Å². The van der Waals surface area contributed by atoms with Crippen LogP contribution in [-0.2, 0) is 21.7 Å². The fourth-order valence-electron chi connectivity index (χ4n) is 15.0. The van der Waals surface area contributed by atoms with Crippen LogP contribution >= 0.6 is 0 Å². The number of para-hydroxylation sites is 4. The minimum Gasteiger partial charge on any atom is -0.310 e. The molecule has 13 aromatic carbocycles. The van der Waals surface area contributed by atoms with E-state index in [1.54, 1.807) is 4.57 Å². The summed E-state index contributed by atoms with van der Waals surface area (Å²) < 4.78 is 77.1. The Bertz CT molecular complexity index is 5650. The number of rotatable bonds is 9. The van der Waals surface area contributed by atoms with Gasteiger partial charge in [-0.1, -0.05) is 332 Å². The van der Waals surface area contributed by atoms with E-state index < -0.39 is 30.9 Å². The first-order valence-electron chi connectivity index (χ1n) is 38.4. The number of fused-ring (bicyclic) bond motifs is 7. The smallest absolute Gasteiger partial charge is 0.252 e. The lowest BCUT2D eigenvalue weighted by Gasteiger charge is -2.46. The van der Waals surface area contributed by atoms with Crippen molar-refractivity contribution in [3.8, 4) is 72.4 Å². The third-order valence-electron chi connectivity index (χ3n) is 20.3. The molecule has 0 spiro atoms.